The fourth-order valence-corrected chi connectivity index (χ4v) is 4.64. The van der Waals surface area contributed by atoms with E-state index in [1.807, 2.05) is 25.1 Å². The molecule has 1 amide bonds. The maximum atomic E-state index is 12.7. The molecule has 1 N–H and O–H groups in total. The van der Waals surface area contributed by atoms with Crippen LogP contribution in [0.25, 0.3) is 0 Å². The van der Waals surface area contributed by atoms with Crippen molar-refractivity contribution in [2.24, 2.45) is 0 Å². The Morgan fingerprint density at radius 3 is 2.33 bits per heavy atom. The van der Waals surface area contributed by atoms with E-state index in [0.717, 1.165) is 5.56 Å². The maximum Gasteiger partial charge on any atom is 0.241 e. The molecule has 0 bridgehead atoms. The number of hydrogen-bond acceptors (Lipinski definition) is 4. The van der Waals surface area contributed by atoms with Crippen LogP contribution in [0.5, 0.6) is 0 Å². The van der Waals surface area contributed by atoms with Crippen LogP contribution >= 0.6 is 0 Å². The second-order valence-electron chi connectivity index (χ2n) is 6.46. The van der Waals surface area contributed by atoms with Gasteiger partial charge in [0.15, 0.2) is 0 Å². The largest absolute Gasteiger partial charge is 0.311 e. The molecular weight excluding hydrogens is 362 g/mol. The van der Waals surface area contributed by atoms with E-state index in [2.05, 4.69) is 4.72 Å². The van der Waals surface area contributed by atoms with Crippen molar-refractivity contribution < 1.29 is 13.2 Å². The zero-order valence-corrected chi connectivity index (χ0v) is 16.7. The molecule has 6 nitrogen and oxygen atoms in total. The Labute approximate surface area is 160 Å². The molecule has 0 unspecified atom stereocenters. The van der Waals surface area contributed by atoms with Gasteiger partial charge < -0.3 is 4.90 Å². The maximum absolute atomic E-state index is 12.7. The summed E-state index contributed by atoms with van der Waals surface area (Å²) in [5, 5.41) is 9.02. The summed E-state index contributed by atoms with van der Waals surface area (Å²) in [5.74, 6) is -0.230. The van der Waals surface area contributed by atoms with Gasteiger partial charge in [-0.2, -0.15) is 5.26 Å². The Kier molecular flexibility index (Phi) is 6.37. The molecule has 27 heavy (non-hydrogen) atoms. The van der Waals surface area contributed by atoms with Crippen molar-refractivity contribution >= 4 is 21.6 Å². The molecule has 0 fully saturated rings. The van der Waals surface area contributed by atoms with Gasteiger partial charge in [-0.3, -0.25) is 4.79 Å². The van der Waals surface area contributed by atoms with E-state index in [4.69, 9.17) is 5.26 Å². The van der Waals surface area contributed by atoms with Crippen LogP contribution in [0.1, 0.15) is 29.2 Å². The molecule has 0 aliphatic carbocycles. The highest BCUT2D eigenvalue weighted by atomic mass is 32.2. The van der Waals surface area contributed by atoms with Gasteiger partial charge in [-0.15, -0.1) is 0 Å². The molecule has 7 heteroatoms. The highest BCUT2D eigenvalue weighted by Gasteiger charge is 2.20. The lowest BCUT2D eigenvalue weighted by Crippen LogP contribution is -2.37. The summed E-state index contributed by atoms with van der Waals surface area (Å²) in [6.07, 6.45) is 0. The molecule has 0 atom stereocenters. The van der Waals surface area contributed by atoms with Gasteiger partial charge in [-0.05, 0) is 50.1 Å². The van der Waals surface area contributed by atoms with E-state index in [1.54, 1.807) is 38.1 Å². The summed E-state index contributed by atoms with van der Waals surface area (Å²) in [7, 11) is -3.70. The highest BCUT2D eigenvalue weighted by molar-refractivity contribution is 7.89. The molecule has 2 aromatic rings. The van der Waals surface area contributed by atoms with Gasteiger partial charge >= 0.3 is 0 Å². The van der Waals surface area contributed by atoms with Crippen molar-refractivity contribution in [3.63, 3.8) is 0 Å². The fourth-order valence-electron chi connectivity index (χ4n) is 3.17. The second kappa shape index (κ2) is 8.33. The van der Waals surface area contributed by atoms with Crippen LogP contribution in [0.3, 0.4) is 0 Å². The van der Waals surface area contributed by atoms with Crippen molar-refractivity contribution in [3.8, 4) is 6.07 Å². The van der Waals surface area contributed by atoms with Crippen molar-refractivity contribution in [2.45, 2.75) is 32.6 Å². The summed E-state index contributed by atoms with van der Waals surface area (Å²) in [4.78, 5) is 13.7. The van der Waals surface area contributed by atoms with Gasteiger partial charge in [0, 0.05) is 25.7 Å². The number of amides is 1. The lowest BCUT2D eigenvalue weighted by atomic mass is 10.1. The number of aryl methyl sites for hydroxylation is 3. The minimum absolute atomic E-state index is 0.0610. The number of nitrogens with zero attached hydrogens (tertiary/aromatic N) is 2. The van der Waals surface area contributed by atoms with E-state index in [9.17, 15) is 13.2 Å². The summed E-state index contributed by atoms with van der Waals surface area (Å²) in [6.45, 7) is 7.08. The smallest absolute Gasteiger partial charge is 0.241 e. The third kappa shape index (κ3) is 4.94. The molecule has 2 rings (SSSR count). The molecule has 0 heterocycles. The first-order valence-corrected chi connectivity index (χ1v) is 10.00. The van der Waals surface area contributed by atoms with Crippen molar-refractivity contribution in [1.29, 1.82) is 5.26 Å². The number of anilines is 1. The fraction of sp³-hybridized carbons (Fsp3) is 0.300. The van der Waals surface area contributed by atoms with E-state index in [1.165, 1.54) is 11.8 Å². The predicted molar refractivity (Wildman–Crippen MR) is 105 cm³/mol. The van der Waals surface area contributed by atoms with Gasteiger partial charge in [0.05, 0.1) is 16.5 Å². The zero-order chi connectivity index (χ0) is 20.2. The molecule has 0 saturated carbocycles. The van der Waals surface area contributed by atoms with Gasteiger partial charge in [0.1, 0.15) is 0 Å². The van der Waals surface area contributed by atoms with Gasteiger partial charge in [0.25, 0.3) is 0 Å². The van der Waals surface area contributed by atoms with E-state index < -0.39 is 10.0 Å². The second-order valence-corrected chi connectivity index (χ2v) is 8.16. The third-order valence-electron chi connectivity index (χ3n) is 4.17. The normalized spacial score (nSPS) is 11.1. The van der Waals surface area contributed by atoms with Crippen molar-refractivity contribution in [3.05, 3.63) is 58.7 Å². The van der Waals surface area contributed by atoms with Crippen molar-refractivity contribution in [1.82, 2.24) is 4.72 Å². The SMILES string of the molecule is CC(=O)N(CCNS(=O)(=O)c1c(C)cc(C)cc1C)c1cccc(C#N)c1. The van der Waals surface area contributed by atoms with Crippen LogP contribution in [0, 0.1) is 32.1 Å². The standard InChI is InChI=1S/C20H23N3O3S/c1-14-10-15(2)20(16(3)11-14)27(25,26)22-8-9-23(17(4)24)19-7-5-6-18(12-19)13-21/h5-7,10-12,22H,8-9H2,1-4H3. The lowest BCUT2D eigenvalue weighted by molar-refractivity contribution is -0.116. The Hall–Kier alpha value is -2.69. The van der Waals surface area contributed by atoms with E-state index in [-0.39, 0.29) is 23.9 Å². The molecule has 142 valence electrons. The monoisotopic (exact) mass is 385 g/mol. The van der Waals surface area contributed by atoms with Crippen LogP contribution in [0.15, 0.2) is 41.3 Å². The van der Waals surface area contributed by atoms with Gasteiger partial charge in [-0.1, -0.05) is 23.8 Å². The predicted octanol–water partition coefficient (Wildman–Crippen LogP) is 2.81. The number of benzene rings is 2. The minimum atomic E-state index is -3.70. The third-order valence-corrected chi connectivity index (χ3v) is 5.93. The Morgan fingerprint density at radius 2 is 1.78 bits per heavy atom. The van der Waals surface area contributed by atoms with Crippen molar-refractivity contribution in [2.75, 3.05) is 18.0 Å². The number of carbonyl (C=O) groups is 1. The first kappa shape index (κ1) is 20.6. The molecule has 2 aromatic carbocycles. The first-order chi connectivity index (χ1) is 12.7. The van der Waals surface area contributed by atoms with Gasteiger partial charge in [0.2, 0.25) is 15.9 Å². The summed E-state index contributed by atoms with van der Waals surface area (Å²) < 4.78 is 28.0. The molecular formula is C20H23N3O3S. The topological polar surface area (TPSA) is 90.3 Å². The Bertz CT molecular complexity index is 984. The average molecular weight is 385 g/mol. The number of hydrogen-bond donors (Lipinski definition) is 1. The molecule has 0 aromatic heterocycles. The minimum Gasteiger partial charge on any atom is -0.311 e. The molecule has 0 radical (unpaired) electrons. The average Bonchev–Trinajstić information content (AvgIpc) is 2.57. The Balaban J connectivity index is 2.17. The Morgan fingerprint density at radius 1 is 1.15 bits per heavy atom. The van der Waals surface area contributed by atoms with Crippen LogP contribution in [0.2, 0.25) is 0 Å². The molecule has 0 spiro atoms. The van der Waals surface area contributed by atoms with Gasteiger partial charge in [-0.25, -0.2) is 13.1 Å². The number of nitriles is 1. The summed E-state index contributed by atoms with van der Waals surface area (Å²) in [6, 6.07) is 12.3. The van der Waals surface area contributed by atoms with Crippen LogP contribution in [-0.4, -0.2) is 27.4 Å². The van der Waals surface area contributed by atoms with Crippen LogP contribution in [-0.2, 0) is 14.8 Å². The molecule has 0 aliphatic rings. The quantitative estimate of drug-likeness (QED) is 0.828. The molecule has 0 saturated heterocycles. The van der Waals surface area contributed by atoms with E-state index in [0.29, 0.717) is 22.4 Å². The number of sulfonamides is 1. The zero-order valence-electron chi connectivity index (χ0n) is 15.9. The van der Waals surface area contributed by atoms with Crippen LogP contribution < -0.4 is 9.62 Å². The highest BCUT2D eigenvalue weighted by Crippen LogP contribution is 2.21. The number of rotatable bonds is 6. The number of nitrogens with one attached hydrogen (secondary N) is 1. The summed E-state index contributed by atoms with van der Waals surface area (Å²) >= 11 is 0. The molecule has 0 aliphatic heterocycles. The van der Waals surface area contributed by atoms with Crippen LogP contribution in [0.4, 0.5) is 5.69 Å². The summed E-state index contributed by atoms with van der Waals surface area (Å²) in [5.41, 5.74) is 3.37. The first-order valence-electron chi connectivity index (χ1n) is 8.51. The van der Waals surface area contributed by atoms with E-state index >= 15 is 0 Å². The lowest BCUT2D eigenvalue weighted by Gasteiger charge is -2.22. The number of carbonyl (C=O) groups excluding carboxylic acids is 1.